The number of nitrogens with one attached hydrogen (secondary N) is 2. The summed E-state index contributed by atoms with van der Waals surface area (Å²) in [6, 6.07) is 18.0. The molecule has 28 heavy (non-hydrogen) atoms. The molecule has 7 heteroatoms. The average molecular weight is 394 g/mol. The van der Waals surface area contributed by atoms with E-state index < -0.39 is 17.9 Å². The van der Waals surface area contributed by atoms with E-state index >= 15 is 0 Å². The number of anilines is 1. The van der Waals surface area contributed by atoms with E-state index in [1.165, 1.54) is 18.4 Å². The Kier molecular flexibility index (Phi) is 6.18. The lowest BCUT2D eigenvalue weighted by atomic mass is 10.1. The summed E-state index contributed by atoms with van der Waals surface area (Å²) in [4.78, 5) is 38.0. The first-order valence-corrected chi connectivity index (χ1v) is 9.35. The van der Waals surface area contributed by atoms with Crippen LogP contribution in [-0.4, -0.2) is 24.9 Å². The lowest BCUT2D eigenvalue weighted by molar-refractivity contribution is -0.118. The molecule has 142 valence electrons. The Morgan fingerprint density at radius 2 is 1.64 bits per heavy atom. The summed E-state index contributed by atoms with van der Waals surface area (Å²) in [6.45, 7) is 0. The van der Waals surface area contributed by atoms with Gasteiger partial charge in [-0.2, -0.15) is 0 Å². The summed E-state index contributed by atoms with van der Waals surface area (Å²) in [5.74, 6) is -1.37. The molecule has 0 aliphatic heterocycles. The molecule has 3 rings (SSSR count). The topological polar surface area (TPSA) is 84.5 Å². The predicted molar refractivity (Wildman–Crippen MR) is 107 cm³/mol. The zero-order valence-electron chi connectivity index (χ0n) is 15.0. The van der Waals surface area contributed by atoms with Gasteiger partial charge in [0.25, 0.3) is 11.8 Å². The van der Waals surface area contributed by atoms with Crippen LogP contribution in [-0.2, 0) is 9.53 Å². The van der Waals surface area contributed by atoms with Gasteiger partial charge >= 0.3 is 5.97 Å². The van der Waals surface area contributed by atoms with Crippen LogP contribution < -0.4 is 10.6 Å². The molecule has 0 saturated heterocycles. The molecule has 0 bridgehead atoms. The number of thiophene rings is 1. The largest absolute Gasteiger partial charge is 0.465 e. The monoisotopic (exact) mass is 394 g/mol. The zero-order chi connectivity index (χ0) is 19.9. The number of methoxy groups -OCH3 is 1. The summed E-state index contributed by atoms with van der Waals surface area (Å²) in [5.41, 5.74) is 1.17. The number of amides is 2. The molecule has 3 aromatic rings. The van der Waals surface area contributed by atoms with Crippen LogP contribution in [0.4, 0.5) is 5.69 Å². The number of carbonyl (C=O) groups is 3. The second-order valence-electron chi connectivity index (χ2n) is 5.82. The number of hydrogen-bond donors (Lipinski definition) is 2. The number of para-hydroxylation sites is 1. The van der Waals surface area contributed by atoms with E-state index in [1.807, 2.05) is 6.07 Å². The second kappa shape index (κ2) is 8.96. The van der Waals surface area contributed by atoms with Gasteiger partial charge in [-0.15, -0.1) is 11.3 Å². The van der Waals surface area contributed by atoms with Crippen molar-refractivity contribution in [2.45, 2.75) is 6.04 Å². The van der Waals surface area contributed by atoms with Crippen LogP contribution in [0.15, 0.2) is 72.1 Å². The van der Waals surface area contributed by atoms with Crippen molar-refractivity contribution in [3.63, 3.8) is 0 Å². The van der Waals surface area contributed by atoms with Crippen molar-refractivity contribution in [3.8, 4) is 0 Å². The fourth-order valence-corrected chi connectivity index (χ4v) is 3.27. The van der Waals surface area contributed by atoms with Crippen molar-refractivity contribution in [1.82, 2.24) is 5.32 Å². The number of hydrogen-bond acceptors (Lipinski definition) is 5. The van der Waals surface area contributed by atoms with Crippen LogP contribution in [0.5, 0.6) is 0 Å². The molecule has 2 N–H and O–H groups in total. The summed E-state index contributed by atoms with van der Waals surface area (Å²) in [5, 5.41) is 7.28. The third-order valence-electron chi connectivity index (χ3n) is 4.01. The van der Waals surface area contributed by atoms with Gasteiger partial charge in [0.15, 0.2) is 0 Å². The minimum Gasteiger partial charge on any atom is -0.465 e. The Morgan fingerprint density at radius 1 is 0.929 bits per heavy atom. The molecule has 0 unspecified atom stereocenters. The van der Waals surface area contributed by atoms with Crippen LogP contribution in [0.1, 0.15) is 31.6 Å². The number of rotatable bonds is 6. The van der Waals surface area contributed by atoms with E-state index in [0.29, 0.717) is 16.1 Å². The Hall–Kier alpha value is -3.45. The number of benzene rings is 2. The SMILES string of the molecule is COC(=O)c1ccccc1NC(=O)[C@@H](NC(=O)c1cccs1)c1ccccc1. The Morgan fingerprint density at radius 3 is 2.32 bits per heavy atom. The van der Waals surface area contributed by atoms with Crippen molar-refractivity contribution in [1.29, 1.82) is 0 Å². The maximum atomic E-state index is 13.0. The van der Waals surface area contributed by atoms with Crippen LogP contribution in [0.3, 0.4) is 0 Å². The highest BCUT2D eigenvalue weighted by Crippen LogP contribution is 2.21. The van der Waals surface area contributed by atoms with Gasteiger partial charge in [-0.3, -0.25) is 9.59 Å². The van der Waals surface area contributed by atoms with Gasteiger partial charge < -0.3 is 15.4 Å². The van der Waals surface area contributed by atoms with E-state index in [9.17, 15) is 14.4 Å². The van der Waals surface area contributed by atoms with Gasteiger partial charge in [0.1, 0.15) is 6.04 Å². The van der Waals surface area contributed by atoms with Crippen LogP contribution in [0.2, 0.25) is 0 Å². The minimum atomic E-state index is -0.929. The maximum Gasteiger partial charge on any atom is 0.339 e. The van der Waals surface area contributed by atoms with E-state index in [0.717, 1.165) is 0 Å². The highest BCUT2D eigenvalue weighted by molar-refractivity contribution is 7.12. The number of ether oxygens (including phenoxy) is 1. The molecule has 1 aromatic heterocycles. The van der Waals surface area contributed by atoms with E-state index in [1.54, 1.807) is 66.0 Å². The van der Waals surface area contributed by atoms with Gasteiger partial charge in [-0.05, 0) is 29.1 Å². The molecule has 0 fully saturated rings. The van der Waals surface area contributed by atoms with Crippen molar-refractivity contribution in [3.05, 3.63) is 88.1 Å². The summed E-state index contributed by atoms with van der Waals surface area (Å²) in [6.07, 6.45) is 0. The van der Waals surface area contributed by atoms with Crippen molar-refractivity contribution < 1.29 is 19.1 Å². The first-order chi connectivity index (χ1) is 13.6. The van der Waals surface area contributed by atoms with Crippen LogP contribution >= 0.6 is 11.3 Å². The van der Waals surface area contributed by atoms with Gasteiger partial charge in [-0.25, -0.2) is 4.79 Å². The van der Waals surface area contributed by atoms with E-state index in [2.05, 4.69) is 10.6 Å². The molecule has 0 radical (unpaired) electrons. The Labute approximate surface area is 166 Å². The molecule has 0 saturated carbocycles. The predicted octanol–water partition coefficient (Wildman–Crippen LogP) is 3.64. The van der Waals surface area contributed by atoms with Crippen molar-refractivity contribution >= 4 is 34.8 Å². The van der Waals surface area contributed by atoms with E-state index in [-0.39, 0.29) is 11.5 Å². The third kappa shape index (κ3) is 4.44. The maximum absolute atomic E-state index is 13.0. The Balaban J connectivity index is 1.87. The number of esters is 1. The summed E-state index contributed by atoms with van der Waals surface area (Å²) >= 11 is 1.29. The van der Waals surface area contributed by atoms with Gasteiger partial charge in [0.05, 0.1) is 23.2 Å². The van der Waals surface area contributed by atoms with Crippen LogP contribution in [0.25, 0.3) is 0 Å². The molecule has 1 atom stereocenters. The standard InChI is InChI=1S/C21H18N2O4S/c1-27-21(26)15-10-5-6-11-16(15)22-20(25)18(14-8-3-2-4-9-14)23-19(24)17-12-7-13-28-17/h2-13,18H,1H3,(H,22,25)(H,23,24)/t18-/m0/s1. The quantitative estimate of drug-likeness (QED) is 0.625. The number of carbonyl (C=O) groups excluding carboxylic acids is 3. The van der Waals surface area contributed by atoms with Crippen molar-refractivity contribution in [2.75, 3.05) is 12.4 Å². The average Bonchev–Trinajstić information content (AvgIpc) is 3.27. The normalized spacial score (nSPS) is 11.3. The molecular weight excluding hydrogens is 376 g/mol. The molecule has 0 spiro atoms. The molecular formula is C21H18N2O4S. The minimum absolute atomic E-state index is 0.231. The fraction of sp³-hybridized carbons (Fsp3) is 0.0952. The zero-order valence-corrected chi connectivity index (χ0v) is 15.9. The summed E-state index contributed by atoms with van der Waals surface area (Å²) < 4.78 is 4.76. The first-order valence-electron chi connectivity index (χ1n) is 8.47. The van der Waals surface area contributed by atoms with Gasteiger partial charge in [0.2, 0.25) is 0 Å². The Bertz CT molecular complexity index is 971. The van der Waals surface area contributed by atoms with E-state index in [4.69, 9.17) is 4.74 Å². The van der Waals surface area contributed by atoms with Crippen LogP contribution in [0, 0.1) is 0 Å². The molecule has 2 aromatic carbocycles. The smallest absolute Gasteiger partial charge is 0.339 e. The molecule has 1 heterocycles. The molecule has 2 amide bonds. The van der Waals surface area contributed by atoms with Crippen molar-refractivity contribution in [2.24, 2.45) is 0 Å². The first kappa shape index (κ1) is 19.3. The third-order valence-corrected chi connectivity index (χ3v) is 4.87. The highest BCUT2D eigenvalue weighted by atomic mass is 32.1. The fourth-order valence-electron chi connectivity index (χ4n) is 2.64. The summed E-state index contributed by atoms with van der Waals surface area (Å²) in [7, 11) is 1.27. The van der Waals surface area contributed by atoms with Gasteiger partial charge in [0, 0.05) is 0 Å². The van der Waals surface area contributed by atoms with Gasteiger partial charge in [-0.1, -0.05) is 48.5 Å². The molecule has 6 nitrogen and oxygen atoms in total. The molecule has 0 aliphatic rings. The lowest BCUT2D eigenvalue weighted by Crippen LogP contribution is -2.37. The second-order valence-corrected chi connectivity index (χ2v) is 6.77. The highest BCUT2D eigenvalue weighted by Gasteiger charge is 2.25. The lowest BCUT2D eigenvalue weighted by Gasteiger charge is -2.19. The molecule has 0 aliphatic carbocycles.